The number of ether oxygens (including phenoxy) is 1. The van der Waals surface area contributed by atoms with E-state index in [-0.39, 0.29) is 6.54 Å². The lowest BCUT2D eigenvalue weighted by atomic mass is 9.86. The standard InChI is InChI=1S/C16H21N3O2/c1-10-6-13(16-18-15(8-17)21-19-16)14(7-11(10)2)20-9-12-4-3-5-12/h6-7,12H,3-5,8-9,17H2,1-2H3. The van der Waals surface area contributed by atoms with E-state index < -0.39 is 0 Å². The minimum Gasteiger partial charge on any atom is -0.493 e. The van der Waals surface area contributed by atoms with Gasteiger partial charge < -0.3 is 15.0 Å². The summed E-state index contributed by atoms with van der Waals surface area (Å²) < 4.78 is 11.1. The first-order valence-corrected chi connectivity index (χ1v) is 7.44. The lowest BCUT2D eigenvalue weighted by Crippen LogP contribution is -2.19. The lowest BCUT2D eigenvalue weighted by molar-refractivity contribution is 0.181. The molecule has 1 aromatic heterocycles. The molecule has 0 amide bonds. The smallest absolute Gasteiger partial charge is 0.240 e. The van der Waals surface area contributed by atoms with Crippen molar-refractivity contribution in [2.75, 3.05) is 6.61 Å². The van der Waals surface area contributed by atoms with Crippen molar-refractivity contribution >= 4 is 0 Å². The van der Waals surface area contributed by atoms with Gasteiger partial charge in [0.25, 0.3) is 0 Å². The number of nitrogens with two attached hydrogens (primary N) is 1. The van der Waals surface area contributed by atoms with Crippen LogP contribution in [0.25, 0.3) is 11.4 Å². The van der Waals surface area contributed by atoms with Gasteiger partial charge in [-0.05, 0) is 55.9 Å². The maximum atomic E-state index is 6.02. The van der Waals surface area contributed by atoms with Crippen LogP contribution in [0.3, 0.4) is 0 Å². The van der Waals surface area contributed by atoms with E-state index in [0.29, 0.717) is 17.6 Å². The molecule has 1 heterocycles. The van der Waals surface area contributed by atoms with Crippen molar-refractivity contribution in [2.24, 2.45) is 11.7 Å². The fourth-order valence-corrected chi connectivity index (χ4v) is 2.40. The van der Waals surface area contributed by atoms with Gasteiger partial charge >= 0.3 is 0 Å². The molecule has 0 unspecified atom stereocenters. The second kappa shape index (κ2) is 5.85. The molecule has 112 valence electrons. The molecule has 0 radical (unpaired) electrons. The van der Waals surface area contributed by atoms with E-state index in [4.69, 9.17) is 15.0 Å². The zero-order chi connectivity index (χ0) is 14.8. The predicted octanol–water partition coefficient (Wildman–Crippen LogP) is 2.99. The number of nitrogens with zero attached hydrogens (tertiary/aromatic N) is 2. The number of hydrogen-bond acceptors (Lipinski definition) is 5. The average Bonchev–Trinajstić information content (AvgIpc) is 2.89. The quantitative estimate of drug-likeness (QED) is 0.915. The van der Waals surface area contributed by atoms with Gasteiger partial charge in [0.1, 0.15) is 5.75 Å². The first kappa shape index (κ1) is 14.1. The highest BCUT2D eigenvalue weighted by molar-refractivity contribution is 5.66. The third kappa shape index (κ3) is 2.93. The average molecular weight is 287 g/mol. The largest absolute Gasteiger partial charge is 0.493 e. The van der Waals surface area contributed by atoms with Crippen LogP contribution in [0.2, 0.25) is 0 Å². The highest BCUT2D eigenvalue weighted by Gasteiger charge is 2.20. The summed E-state index contributed by atoms with van der Waals surface area (Å²) in [5, 5.41) is 4.00. The molecular formula is C16H21N3O2. The van der Waals surface area contributed by atoms with Gasteiger partial charge in [-0.1, -0.05) is 11.6 Å². The van der Waals surface area contributed by atoms with Gasteiger partial charge in [-0.2, -0.15) is 4.98 Å². The Balaban J connectivity index is 1.90. The normalized spacial score (nSPS) is 15.0. The summed E-state index contributed by atoms with van der Waals surface area (Å²) in [7, 11) is 0. The van der Waals surface area contributed by atoms with E-state index in [9.17, 15) is 0 Å². The molecule has 5 heteroatoms. The highest BCUT2D eigenvalue weighted by atomic mass is 16.5. The number of rotatable bonds is 5. The van der Waals surface area contributed by atoms with Crippen molar-refractivity contribution in [1.29, 1.82) is 0 Å². The summed E-state index contributed by atoms with van der Waals surface area (Å²) in [4.78, 5) is 4.31. The molecule has 1 fully saturated rings. The minimum absolute atomic E-state index is 0.246. The summed E-state index contributed by atoms with van der Waals surface area (Å²) in [5.41, 5.74) is 8.79. The third-order valence-electron chi connectivity index (χ3n) is 4.18. The fourth-order valence-electron chi connectivity index (χ4n) is 2.40. The van der Waals surface area contributed by atoms with Crippen LogP contribution >= 0.6 is 0 Å². The number of aromatic nitrogens is 2. The zero-order valence-electron chi connectivity index (χ0n) is 12.6. The van der Waals surface area contributed by atoms with E-state index in [1.807, 2.05) is 0 Å². The molecule has 0 aliphatic heterocycles. The Bertz CT molecular complexity index is 632. The van der Waals surface area contributed by atoms with Crippen LogP contribution in [0.5, 0.6) is 5.75 Å². The highest BCUT2D eigenvalue weighted by Crippen LogP contribution is 2.33. The summed E-state index contributed by atoms with van der Waals surface area (Å²) in [6.45, 7) is 5.16. The predicted molar refractivity (Wildman–Crippen MR) is 79.9 cm³/mol. The van der Waals surface area contributed by atoms with Gasteiger partial charge in [0, 0.05) is 0 Å². The van der Waals surface area contributed by atoms with Crippen molar-refractivity contribution in [3.05, 3.63) is 29.2 Å². The van der Waals surface area contributed by atoms with Gasteiger partial charge in [-0.25, -0.2) is 0 Å². The molecule has 21 heavy (non-hydrogen) atoms. The summed E-state index contributed by atoms with van der Waals surface area (Å²) in [6.07, 6.45) is 3.85. The molecule has 0 saturated heterocycles. The SMILES string of the molecule is Cc1cc(OCC2CCC2)c(-c2noc(CN)n2)cc1C. The molecule has 2 aromatic rings. The van der Waals surface area contributed by atoms with E-state index in [1.165, 1.54) is 30.4 Å². The van der Waals surface area contributed by atoms with E-state index in [1.54, 1.807) is 0 Å². The third-order valence-corrected chi connectivity index (χ3v) is 4.18. The van der Waals surface area contributed by atoms with Crippen molar-refractivity contribution in [2.45, 2.75) is 39.7 Å². The topological polar surface area (TPSA) is 74.2 Å². The van der Waals surface area contributed by atoms with E-state index in [2.05, 4.69) is 36.1 Å². The first-order chi connectivity index (χ1) is 10.2. The van der Waals surface area contributed by atoms with Crippen LogP contribution in [-0.4, -0.2) is 16.7 Å². The Hall–Kier alpha value is -1.88. The second-order valence-corrected chi connectivity index (χ2v) is 5.76. The maximum absolute atomic E-state index is 6.02. The second-order valence-electron chi connectivity index (χ2n) is 5.76. The van der Waals surface area contributed by atoms with Gasteiger partial charge in [0.15, 0.2) is 0 Å². The molecule has 3 rings (SSSR count). The number of aryl methyl sites for hydroxylation is 2. The Labute approximate surface area is 124 Å². The minimum atomic E-state index is 0.246. The molecule has 1 saturated carbocycles. The number of benzene rings is 1. The summed E-state index contributed by atoms with van der Waals surface area (Å²) in [5.74, 6) is 2.49. The Morgan fingerprint density at radius 3 is 2.67 bits per heavy atom. The van der Waals surface area contributed by atoms with Crippen LogP contribution < -0.4 is 10.5 Å². The zero-order valence-corrected chi connectivity index (χ0v) is 12.6. The molecule has 1 aromatic carbocycles. The van der Waals surface area contributed by atoms with Gasteiger partial charge in [-0.15, -0.1) is 0 Å². The molecule has 5 nitrogen and oxygen atoms in total. The van der Waals surface area contributed by atoms with Crippen molar-refractivity contribution in [3.63, 3.8) is 0 Å². The van der Waals surface area contributed by atoms with E-state index in [0.717, 1.165) is 17.9 Å². The molecule has 1 aliphatic carbocycles. The Morgan fingerprint density at radius 2 is 2.05 bits per heavy atom. The Morgan fingerprint density at radius 1 is 1.29 bits per heavy atom. The Kier molecular flexibility index (Phi) is 3.92. The summed E-state index contributed by atoms with van der Waals surface area (Å²) >= 11 is 0. The molecule has 1 aliphatic rings. The molecular weight excluding hydrogens is 266 g/mol. The van der Waals surface area contributed by atoms with Gasteiger partial charge in [-0.3, -0.25) is 0 Å². The first-order valence-electron chi connectivity index (χ1n) is 7.44. The lowest BCUT2D eigenvalue weighted by Gasteiger charge is -2.25. The van der Waals surface area contributed by atoms with Crippen LogP contribution in [-0.2, 0) is 6.54 Å². The van der Waals surface area contributed by atoms with Crippen LogP contribution in [0.4, 0.5) is 0 Å². The van der Waals surface area contributed by atoms with Crippen LogP contribution in [0.15, 0.2) is 16.7 Å². The fraction of sp³-hybridized carbons (Fsp3) is 0.500. The monoisotopic (exact) mass is 287 g/mol. The van der Waals surface area contributed by atoms with Crippen molar-refractivity contribution < 1.29 is 9.26 Å². The van der Waals surface area contributed by atoms with Crippen molar-refractivity contribution in [1.82, 2.24) is 10.1 Å². The summed E-state index contributed by atoms with van der Waals surface area (Å²) in [6, 6.07) is 4.11. The molecule has 0 atom stereocenters. The van der Waals surface area contributed by atoms with Crippen LogP contribution in [0.1, 0.15) is 36.3 Å². The molecule has 0 bridgehead atoms. The molecule has 0 spiro atoms. The van der Waals surface area contributed by atoms with E-state index >= 15 is 0 Å². The number of hydrogen-bond donors (Lipinski definition) is 1. The maximum Gasteiger partial charge on any atom is 0.240 e. The van der Waals surface area contributed by atoms with Crippen molar-refractivity contribution in [3.8, 4) is 17.1 Å². The molecule has 2 N–H and O–H groups in total. The van der Waals surface area contributed by atoms with Crippen LogP contribution in [0, 0.1) is 19.8 Å². The van der Waals surface area contributed by atoms with Gasteiger partial charge in [0.2, 0.25) is 11.7 Å². The van der Waals surface area contributed by atoms with Gasteiger partial charge in [0.05, 0.1) is 18.7 Å².